The van der Waals surface area contributed by atoms with Crippen LogP contribution in [0.5, 0.6) is 0 Å². The van der Waals surface area contributed by atoms with Crippen molar-refractivity contribution >= 4 is 21.8 Å². The summed E-state index contributed by atoms with van der Waals surface area (Å²) in [5.74, 6) is 2.29. The molecule has 1 aliphatic heterocycles. The van der Waals surface area contributed by atoms with Crippen LogP contribution in [-0.2, 0) is 0 Å². The third kappa shape index (κ3) is 3.06. The van der Waals surface area contributed by atoms with Gasteiger partial charge in [-0.15, -0.1) is 10.2 Å². The first-order chi connectivity index (χ1) is 10.5. The molecule has 1 saturated heterocycles. The van der Waals surface area contributed by atoms with E-state index < -0.39 is 0 Å². The highest BCUT2D eigenvalue weighted by Crippen LogP contribution is 2.26. The molecule has 1 aromatic carbocycles. The third-order valence-electron chi connectivity index (χ3n) is 4.14. The number of carbonyl (C=O) groups is 1. The van der Waals surface area contributed by atoms with Crippen LogP contribution in [-0.4, -0.2) is 39.1 Å². The van der Waals surface area contributed by atoms with Gasteiger partial charge in [-0.25, -0.2) is 0 Å². The van der Waals surface area contributed by atoms with Crippen molar-refractivity contribution < 1.29 is 4.79 Å². The Morgan fingerprint density at radius 3 is 2.64 bits per heavy atom. The molecular formula is C16H19BrN4O. The van der Waals surface area contributed by atoms with E-state index in [9.17, 15) is 4.79 Å². The number of H-pyrrole nitrogens is 1. The molecule has 3 rings (SSSR count). The number of nitrogens with zero attached hydrogens (tertiary/aromatic N) is 3. The summed E-state index contributed by atoms with van der Waals surface area (Å²) in [6.45, 7) is 5.79. The molecule has 2 heterocycles. The lowest BCUT2D eigenvalue weighted by molar-refractivity contribution is 0.0696. The van der Waals surface area contributed by atoms with Gasteiger partial charge in [-0.05, 0) is 53.7 Å². The molecule has 1 amide bonds. The van der Waals surface area contributed by atoms with Crippen molar-refractivity contribution in [2.75, 3.05) is 13.1 Å². The zero-order valence-corrected chi connectivity index (χ0v) is 14.4. The number of benzene rings is 1. The number of nitrogens with one attached hydrogen (secondary N) is 1. The number of aryl methyl sites for hydroxylation is 1. The summed E-state index contributed by atoms with van der Waals surface area (Å²) in [5, 5.41) is 8.04. The molecule has 0 saturated carbocycles. The Morgan fingerprint density at radius 1 is 1.32 bits per heavy atom. The van der Waals surface area contributed by atoms with Gasteiger partial charge < -0.3 is 9.88 Å². The zero-order chi connectivity index (χ0) is 15.7. The number of aromatic nitrogens is 3. The molecule has 1 aromatic heterocycles. The standard InChI is InChI=1S/C16H19BrN4O/c1-10-5-7-21(8-6-10)16(22)13-4-3-12(9-14(13)17)15-18-11(2)19-20-15/h3-4,9-10H,5-8H2,1-2H3,(H,18,19,20). The van der Waals surface area contributed by atoms with Crippen molar-refractivity contribution in [3.05, 3.63) is 34.1 Å². The van der Waals surface area contributed by atoms with Crippen LogP contribution >= 0.6 is 15.9 Å². The minimum absolute atomic E-state index is 0.0964. The Labute approximate surface area is 138 Å². The molecule has 116 valence electrons. The Bertz CT molecular complexity index is 689. The van der Waals surface area contributed by atoms with Gasteiger partial charge in [0.05, 0.1) is 5.56 Å². The van der Waals surface area contributed by atoms with Crippen LogP contribution in [0, 0.1) is 12.8 Å². The normalized spacial score (nSPS) is 16.0. The van der Waals surface area contributed by atoms with E-state index in [4.69, 9.17) is 0 Å². The van der Waals surface area contributed by atoms with Gasteiger partial charge in [0.1, 0.15) is 5.82 Å². The summed E-state index contributed by atoms with van der Waals surface area (Å²) in [5.41, 5.74) is 1.62. The second-order valence-corrected chi connectivity index (χ2v) is 6.78. The molecule has 1 N–H and O–H groups in total. The van der Waals surface area contributed by atoms with Crippen LogP contribution in [0.25, 0.3) is 11.4 Å². The molecule has 6 heteroatoms. The van der Waals surface area contributed by atoms with Crippen LogP contribution in [0.4, 0.5) is 0 Å². The van der Waals surface area contributed by atoms with Crippen molar-refractivity contribution in [1.29, 1.82) is 0 Å². The lowest BCUT2D eigenvalue weighted by Gasteiger charge is -2.30. The van der Waals surface area contributed by atoms with E-state index >= 15 is 0 Å². The zero-order valence-electron chi connectivity index (χ0n) is 12.8. The Hall–Kier alpha value is -1.69. The van der Waals surface area contributed by atoms with Gasteiger partial charge in [0, 0.05) is 23.1 Å². The highest BCUT2D eigenvalue weighted by molar-refractivity contribution is 9.10. The molecule has 0 aliphatic carbocycles. The number of likely N-dealkylation sites (tertiary alicyclic amines) is 1. The number of amides is 1. The highest BCUT2D eigenvalue weighted by atomic mass is 79.9. The summed E-state index contributed by atoms with van der Waals surface area (Å²) < 4.78 is 0.794. The maximum Gasteiger partial charge on any atom is 0.254 e. The van der Waals surface area contributed by atoms with Gasteiger partial charge in [-0.3, -0.25) is 4.79 Å². The van der Waals surface area contributed by atoms with Gasteiger partial charge in [0.15, 0.2) is 5.82 Å². The Kier molecular flexibility index (Phi) is 4.29. The number of hydrogen-bond donors (Lipinski definition) is 1. The molecule has 2 aromatic rings. The first-order valence-corrected chi connectivity index (χ1v) is 8.32. The monoisotopic (exact) mass is 362 g/mol. The lowest BCUT2D eigenvalue weighted by atomic mass is 9.98. The molecule has 0 spiro atoms. The quantitative estimate of drug-likeness (QED) is 0.890. The molecule has 1 fully saturated rings. The van der Waals surface area contributed by atoms with E-state index in [0.29, 0.717) is 17.3 Å². The predicted octanol–water partition coefficient (Wildman–Crippen LogP) is 3.41. The number of halogens is 1. The summed E-state index contributed by atoms with van der Waals surface area (Å²) in [6.07, 6.45) is 2.16. The number of rotatable bonds is 2. The number of hydrogen-bond acceptors (Lipinski definition) is 3. The number of aromatic amines is 1. The first-order valence-electron chi connectivity index (χ1n) is 7.53. The van der Waals surface area contributed by atoms with Crippen LogP contribution in [0.15, 0.2) is 22.7 Å². The van der Waals surface area contributed by atoms with Gasteiger partial charge in [0.2, 0.25) is 0 Å². The van der Waals surface area contributed by atoms with Gasteiger partial charge >= 0.3 is 0 Å². The molecule has 0 unspecified atom stereocenters. The molecule has 0 radical (unpaired) electrons. The molecular weight excluding hydrogens is 344 g/mol. The topological polar surface area (TPSA) is 61.9 Å². The van der Waals surface area contributed by atoms with Gasteiger partial charge in [0.25, 0.3) is 5.91 Å². The van der Waals surface area contributed by atoms with Crippen molar-refractivity contribution in [2.24, 2.45) is 5.92 Å². The van der Waals surface area contributed by atoms with E-state index in [2.05, 4.69) is 38.0 Å². The van der Waals surface area contributed by atoms with Gasteiger partial charge in [-0.2, -0.15) is 0 Å². The smallest absolute Gasteiger partial charge is 0.254 e. The molecule has 22 heavy (non-hydrogen) atoms. The second kappa shape index (κ2) is 6.20. The maximum atomic E-state index is 12.6. The van der Waals surface area contributed by atoms with Crippen LogP contribution in [0.3, 0.4) is 0 Å². The fraction of sp³-hybridized carbons (Fsp3) is 0.438. The molecule has 1 aliphatic rings. The van der Waals surface area contributed by atoms with Crippen molar-refractivity contribution in [3.63, 3.8) is 0 Å². The van der Waals surface area contributed by atoms with Crippen LogP contribution in [0.1, 0.15) is 35.9 Å². The van der Waals surface area contributed by atoms with Crippen LogP contribution in [0.2, 0.25) is 0 Å². The third-order valence-corrected chi connectivity index (χ3v) is 4.80. The molecule has 0 atom stereocenters. The van der Waals surface area contributed by atoms with E-state index in [1.807, 2.05) is 30.0 Å². The molecule has 0 bridgehead atoms. The van der Waals surface area contributed by atoms with Gasteiger partial charge in [-0.1, -0.05) is 13.0 Å². The molecule has 5 nitrogen and oxygen atoms in total. The average molecular weight is 363 g/mol. The van der Waals surface area contributed by atoms with Crippen molar-refractivity contribution in [1.82, 2.24) is 20.1 Å². The van der Waals surface area contributed by atoms with E-state index in [-0.39, 0.29) is 5.91 Å². The summed E-state index contributed by atoms with van der Waals surface area (Å²) in [4.78, 5) is 17.7. The number of piperidine rings is 1. The minimum atomic E-state index is 0.0964. The Morgan fingerprint density at radius 2 is 2.05 bits per heavy atom. The lowest BCUT2D eigenvalue weighted by Crippen LogP contribution is -2.38. The van der Waals surface area contributed by atoms with E-state index in [0.717, 1.165) is 41.8 Å². The minimum Gasteiger partial charge on any atom is -0.339 e. The fourth-order valence-electron chi connectivity index (χ4n) is 2.69. The summed E-state index contributed by atoms with van der Waals surface area (Å²) in [7, 11) is 0. The van der Waals surface area contributed by atoms with Crippen molar-refractivity contribution in [2.45, 2.75) is 26.7 Å². The summed E-state index contributed by atoms with van der Waals surface area (Å²) in [6, 6.07) is 5.68. The Balaban J connectivity index is 1.81. The fourth-order valence-corrected chi connectivity index (χ4v) is 3.24. The summed E-state index contributed by atoms with van der Waals surface area (Å²) >= 11 is 3.52. The maximum absolute atomic E-state index is 12.6. The number of carbonyl (C=O) groups excluding carboxylic acids is 1. The second-order valence-electron chi connectivity index (χ2n) is 5.93. The SMILES string of the molecule is Cc1nnc(-c2ccc(C(=O)N3CCC(C)CC3)c(Br)c2)[nH]1. The van der Waals surface area contributed by atoms with Crippen molar-refractivity contribution in [3.8, 4) is 11.4 Å². The largest absolute Gasteiger partial charge is 0.339 e. The van der Waals surface area contributed by atoms with Crippen LogP contribution < -0.4 is 0 Å². The average Bonchev–Trinajstić information content (AvgIpc) is 2.94. The highest BCUT2D eigenvalue weighted by Gasteiger charge is 2.23. The van der Waals surface area contributed by atoms with E-state index in [1.165, 1.54) is 0 Å². The predicted molar refractivity (Wildman–Crippen MR) is 88.6 cm³/mol. The van der Waals surface area contributed by atoms with E-state index in [1.54, 1.807) is 0 Å². The first kappa shape index (κ1) is 15.2.